The Morgan fingerprint density at radius 3 is 2.83 bits per heavy atom. The van der Waals surface area contributed by atoms with Crippen LogP contribution in [0.25, 0.3) is 0 Å². The molecule has 0 bridgehead atoms. The molecule has 0 aliphatic heterocycles. The van der Waals surface area contributed by atoms with E-state index in [2.05, 4.69) is 28.2 Å². The van der Waals surface area contributed by atoms with Crippen LogP contribution in [0.3, 0.4) is 0 Å². The number of amides is 1. The topological polar surface area (TPSA) is 38.3 Å². The van der Waals surface area contributed by atoms with Crippen LogP contribution in [-0.4, -0.2) is 17.8 Å². The van der Waals surface area contributed by atoms with Crippen molar-refractivity contribution in [3.05, 3.63) is 29.8 Å². The van der Waals surface area contributed by atoms with Crippen LogP contribution < -0.4 is 10.1 Å². The zero-order chi connectivity index (χ0) is 13.4. The van der Waals surface area contributed by atoms with Crippen LogP contribution in [0.5, 0.6) is 5.75 Å². The van der Waals surface area contributed by atoms with E-state index in [1.165, 1.54) is 0 Å². The maximum atomic E-state index is 11.8. The molecular weight excluding hydrogens is 294 g/mol. The number of hydrogen-bond acceptors (Lipinski definition) is 2. The lowest BCUT2D eigenvalue weighted by atomic mass is 10.1. The van der Waals surface area contributed by atoms with Crippen LogP contribution in [0.15, 0.2) is 24.3 Å². The van der Waals surface area contributed by atoms with Crippen molar-refractivity contribution in [2.24, 2.45) is 0 Å². The lowest BCUT2D eigenvalue weighted by molar-refractivity contribution is -0.120. The number of hydrogen-bond donors (Lipinski definition) is 1. The van der Waals surface area contributed by atoms with Crippen LogP contribution in [-0.2, 0) is 11.3 Å². The molecule has 4 heteroatoms. The quantitative estimate of drug-likeness (QED) is 0.785. The summed E-state index contributed by atoms with van der Waals surface area (Å²) in [6.07, 6.45) is 3.02. The van der Waals surface area contributed by atoms with Gasteiger partial charge in [0.25, 0.3) is 0 Å². The number of halogens is 1. The fourth-order valence-corrected chi connectivity index (χ4v) is 2.14. The van der Waals surface area contributed by atoms with E-state index in [1.54, 1.807) is 7.11 Å². The Balaban J connectivity index is 2.46. The predicted molar refractivity (Wildman–Crippen MR) is 77.1 cm³/mol. The molecule has 1 aromatic carbocycles. The highest BCUT2D eigenvalue weighted by Crippen LogP contribution is 2.17. The van der Waals surface area contributed by atoms with Crippen LogP contribution in [0.2, 0.25) is 0 Å². The van der Waals surface area contributed by atoms with Gasteiger partial charge in [-0.25, -0.2) is 0 Å². The molecule has 0 aliphatic rings. The monoisotopic (exact) mass is 313 g/mol. The van der Waals surface area contributed by atoms with Gasteiger partial charge in [0.1, 0.15) is 5.75 Å². The van der Waals surface area contributed by atoms with Gasteiger partial charge in [0.2, 0.25) is 5.91 Å². The molecule has 18 heavy (non-hydrogen) atoms. The Kier molecular flexibility index (Phi) is 6.80. The first-order valence-electron chi connectivity index (χ1n) is 6.22. The van der Waals surface area contributed by atoms with E-state index in [-0.39, 0.29) is 10.7 Å². The molecule has 0 heterocycles. The molecule has 0 spiro atoms. The van der Waals surface area contributed by atoms with Crippen molar-refractivity contribution in [2.75, 3.05) is 7.11 Å². The van der Waals surface area contributed by atoms with Crippen LogP contribution >= 0.6 is 15.9 Å². The summed E-state index contributed by atoms with van der Waals surface area (Å²) in [6.45, 7) is 2.61. The first kappa shape index (κ1) is 15.0. The number of rotatable bonds is 7. The van der Waals surface area contributed by atoms with Gasteiger partial charge >= 0.3 is 0 Å². The number of para-hydroxylation sites is 1. The molecule has 0 saturated heterocycles. The number of alkyl halides is 1. The van der Waals surface area contributed by atoms with E-state index in [1.807, 2.05) is 24.3 Å². The number of carbonyl (C=O) groups is 1. The average Bonchev–Trinajstić information content (AvgIpc) is 2.42. The van der Waals surface area contributed by atoms with Crippen molar-refractivity contribution < 1.29 is 9.53 Å². The zero-order valence-electron chi connectivity index (χ0n) is 10.9. The highest BCUT2D eigenvalue weighted by molar-refractivity contribution is 9.10. The minimum Gasteiger partial charge on any atom is -0.496 e. The molecule has 1 amide bonds. The van der Waals surface area contributed by atoms with E-state index in [4.69, 9.17) is 4.74 Å². The van der Waals surface area contributed by atoms with Crippen molar-refractivity contribution in [1.82, 2.24) is 5.32 Å². The Labute approximate surface area is 117 Å². The van der Waals surface area contributed by atoms with Gasteiger partial charge in [-0.3, -0.25) is 4.79 Å². The number of nitrogens with one attached hydrogen (secondary N) is 1. The van der Waals surface area contributed by atoms with Gasteiger partial charge in [-0.05, 0) is 12.5 Å². The smallest absolute Gasteiger partial charge is 0.234 e. The Morgan fingerprint density at radius 1 is 1.44 bits per heavy atom. The minimum atomic E-state index is -0.104. The Bertz CT molecular complexity index is 382. The molecule has 3 nitrogen and oxygen atoms in total. The highest BCUT2D eigenvalue weighted by Gasteiger charge is 2.14. The third-order valence-electron chi connectivity index (χ3n) is 2.74. The Morgan fingerprint density at radius 2 is 2.17 bits per heavy atom. The lowest BCUT2D eigenvalue weighted by Crippen LogP contribution is -2.30. The summed E-state index contributed by atoms with van der Waals surface area (Å²) < 4.78 is 5.24. The minimum absolute atomic E-state index is 0.0364. The number of methoxy groups -OCH3 is 1. The largest absolute Gasteiger partial charge is 0.496 e. The van der Waals surface area contributed by atoms with Crippen LogP contribution in [0, 0.1) is 0 Å². The first-order chi connectivity index (χ1) is 8.69. The summed E-state index contributed by atoms with van der Waals surface area (Å²) in [4.78, 5) is 11.7. The van der Waals surface area contributed by atoms with Gasteiger partial charge in [0, 0.05) is 12.1 Å². The summed E-state index contributed by atoms with van der Waals surface area (Å²) in [7, 11) is 1.63. The SMILES string of the molecule is CCCCC(Br)C(=O)NCc1ccccc1OC. The average molecular weight is 314 g/mol. The van der Waals surface area contributed by atoms with Gasteiger partial charge in [-0.2, -0.15) is 0 Å². The Hall–Kier alpha value is -1.03. The molecule has 0 aromatic heterocycles. The second-order valence-corrected chi connectivity index (χ2v) is 5.24. The molecular formula is C14H20BrNO2. The molecule has 1 rings (SSSR count). The third-order valence-corrected chi connectivity index (χ3v) is 3.61. The molecule has 1 unspecified atom stereocenters. The first-order valence-corrected chi connectivity index (χ1v) is 7.14. The molecule has 0 saturated carbocycles. The van der Waals surface area contributed by atoms with Crippen molar-refractivity contribution in [1.29, 1.82) is 0 Å². The van der Waals surface area contributed by atoms with Crippen LogP contribution in [0.1, 0.15) is 31.7 Å². The van der Waals surface area contributed by atoms with Gasteiger partial charge in [-0.15, -0.1) is 0 Å². The lowest BCUT2D eigenvalue weighted by Gasteiger charge is -2.12. The normalized spacial score (nSPS) is 11.9. The number of benzene rings is 1. The highest BCUT2D eigenvalue weighted by atomic mass is 79.9. The molecule has 0 radical (unpaired) electrons. The van der Waals surface area contributed by atoms with E-state index < -0.39 is 0 Å². The predicted octanol–water partition coefficient (Wildman–Crippen LogP) is 3.27. The van der Waals surface area contributed by atoms with Gasteiger partial charge in [0.15, 0.2) is 0 Å². The summed E-state index contributed by atoms with van der Waals surface area (Å²) in [5.41, 5.74) is 0.989. The second-order valence-electron chi connectivity index (χ2n) is 4.14. The number of ether oxygens (including phenoxy) is 1. The third kappa shape index (κ3) is 4.69. The van der Waals surface area contributed by atoms with E-state index in [0.717, 1.165) is 30.6 Å². The number of carbonyl (C=O) groups excluding carboxylic acids is 1. The van der Waals surface area contributed by atoms with Gasteiger partial charge in [-0.1, -0.05) is 53.9 Å². The number of unbranched alkanes of at least 4 members (excludes halogenated alkanes) is 1. The van der Waals surface area contributed by atoms with Gasteiger partial charge < -0.3 is 10.1 Å². The van der Waals surface area contributed by atoms with Crippen molar-refractivity contribution in [3.63, 3.8) is 0 Å². The van der Waals surface area contributed by atoms with Gasteiger partial charge in [0.05, 0.1) is 11.9 Å². The standard InChI is InChI=1S/C14H20BrNO2/c1-3-4-8-12(15)14(17)16-10-11-7-5-6-9-13(11)18-2/h5-7,9,12H,3-4,8,10H2,1-2H3,(H,16,17). The van der Waals surface area contributed by atoms with Crippen molar-refractivity contribution in [3.8, 4) is 5.75 Å². The maximum Gasteiger partial charge on any atom is 0.234 e. The van der Waals surface area contributed by atoms with E-state index >= 15 is 0 Å². The fourth-order valence-electron chi connectivity index (χ4n) is 1.66. The summed E-state index contributed by atoms with van der Waals surface area (Å²) in [5.74, 6) is 0.840. The summed E-state index contributed by atoms with van der Waals surface area (Å²) in [6, 6.07) is 7.70. The molecule has 0 aliphatic carbocycles. The summed E-state index contributed by atoms with van der Waals surface area (Å²) in [5, 5.41) is 2.92. The van der Waals surface area contributed by atoms with Crippen LogP contribution in [0.4, 0.5) is 0 Å². The summed E-state index contributed by atoms with van der Waals surface area (Å²) >= 11 is 3.41. The molecule has 1 aromatic rings. The van der Waals surface area contributed by atoms with Crippen molar-refractivity contribution in [2.45, 2.75) is 37.6 Å². The maximum absolute atomic E-state index is 11.8. The van der Waals surface area contributed by atoms with Crippen molar-refractivity contribution >= 4 is 21.8 Å². The zero-order valence-corrected chi connectivity index (χ0v) is 12.5. The molecule has 0 fully saturated rings. The molecule has 100 valence electrons. The second kappa shape index (κ2) is 8.14. The molecule has 1 N–H and O–H groups in total. The van der Waals surface area contributed by atoms with E-state index in [0.29, 0.717) is 6.54 Å². The van der Waals surface area contributed by atoms with E-state index in [9.17, 15) is 4.79 Å². The molecule has 1 atom stereocenters. The fraction of sp³-hybridized carbons (Fsp3) is 0.500.